The molecule has 0 aliphatic carbocycles. The molecule has 0 N–H and O–H groups in total. The molecule has 0 aromatic heterocycles. The highest BCUT2D eigenvalue weighted by Crippen LogP contribution is 2.40. The zero-order chi connectivity index (χ0) is 34.1. The highest BCUT2D eigenvalue weighted by atomic mass is 16.5. The smallest absolute Gasteiger partial charge is 0.203 e. The predicted octanol–water partition coefficient (Wildman–Crippen LogP) is 11.8. The van der Waals surface area contributed by atoms with Gasteiger partial charge >= 0.3 is 0 Å². The first-order valence-corrected chi connectivity index (χ1v) is 18.8. The Kier molecular flexibility index (Phi) is 21.4. The van der Waals surface area contributed by atoms with Crippen molar-refractivity contribution in [2.75, 3.05) is 19.8 Å². The van der Waals surface area contributed by atoms with Crippen LogP contribution in [0.25, 0.3) is 0 Å². The highest BCUT2D eigenvalue weighted by Gasteiger charge is 2.21. The summed E-state index contributed by atoms with van der Waals surface area (Å²) in [5, 5.41) is 0. The second-order valence-electron chi connectivity index (χ2n) is 12.9. The van der Waals surface area contributed by atoms with Crippen molar-refractivity contribution in [3.63, 3.8) is 0 Å². The largest absolute Gasteiger partial charge is 0.491 e. The van der Waals surface area contributed by atoms with E-state index in [1.165, 1.54) is 25.7 Å². The van der Waals surface area contributed by atoms with Crippen molar-refractivity contribution in [3.05, 3.63) is 47.5 Å². The Bertz CT molecular complexity index is 1090. The van der Waals surface area contributed by atoms with Crippen LogP contribution in [0.3, 0.4) is 0 Å². The Hall–Kier alpha value is -3.02. The van der Waals surface area contributed by atoms with Crippen LogP contribution in [-0.4, -0.2) is 37.5 Å². The predicted molar refractivity (Wildman–Crippen MR) is 194 cm³/mol. The van der Waals surface area contributed by atoms with Crippen molar-refractivity contribution in [1.82, 2.24) is 0 Å². The molecule has 6 nitrogen and oxygen atoms in total. The molecule has 0 amide bonds. The van der Waals surface area contributed by atoms with E-state index in [9.17, 15) is 9.59 Å². The SMILES string of the molecule is CCCCCCOc1cc(C(=O)CC(=O)c2ccc(OC(C)CCCCCC)cc2)cc(OCCCCCC)c1OCCCCCC. The molecule has 0 aliphatic rings. The summed E-state index contributed by atoms with van der Waals surface area (Å²) in [6.45, 7) is 12.5. The number of unbranched alkanes of at least 4 members (excludes halogenated alkanes) is 12. The van der Waals surface area contributed by atoms with Gasteiger partial charge in [-0.1, -0.05) is 105 Å². The Morgan fingerprint density at radius 2 is 1.00 bits per heavy atom. The third kappa shape index (κ3) is 16.6. The molecule has 0 radical (unpaired) electrons. The monoisotopic (exact) mass is 652 g/mol. The molecule has 2 rings (SSSR count). The van der Waals surface area contributed by atoms with Crippen molar-refractivity contribution in [1.29, 1.82) is 0 Å². The van der Waals surface area contributed by atoms with Gasteiger partial charge in [-0.2, -0.15) is 0 Å². The number of carbonyl (C=O) groups is 2. The van der Waals surface area contributed by atoms with Gasteiger partial charge in [0, 0.05) is 11.1 Å². The minimum atomic E-state index is -0.266. The van der Waals surface area contributed by atoms with E-state index in [4.69, 9.17) is 18.9 Å². The molecule has 6 heteroatoms. The lowest BCUT2D eigenvalue weighted by Gasteiger charge is -2.19. The van der Waals surface area contributed by atoms with Crippen molar-refractivity contribution in [3.8, 4) is 23.0 Å². The first-order chi connectivity index (χ1) is 22.9. The van der Waals surface area contributed by atoms with Gasteiger partial charge in [-0.15, -0.1) is 0 Å². The molecule has 0 heterocycles. The Balaban J connectivity index is 2.19. The minimum Gasteiger partial charge on any atom is -0.491 e. The van der Waals surface area contributed by atoms with Gasteiger partial charge in [-0.05, 0) is 75.4 Å². The molecular weight excluding hydrogens is 588 g/mol. The lowest BCUT2D eigenvalue weighted by Crippen LogP contribution is -2.12. The lowest BCUT2D eigenvalue weighted by atomic mass is 10.0. The first kappa shape index (κ1) is 40.2. The van der Waals surface area contributed by atoms with E-state index >= 15 is 0 Å². The fraction of sp³-hybridized carbons (Fsp3) is 0.659. The summed E-state index contributed by atoms with van der Waals surface area (Å²) in [4.78, 5) is 26.8. The average Bonchev–Trinajstić information content (AvgIpc) is 3.07. The van der Waals surface area contributed by atoms with Gasteiger partial charge in [-0.3, -0.25) is 9.59 Å². The fourth-order valence-corrected chi connectivity index (χ4v) is 5.44. The van der Waals surface area contributed by atoms with Crippen LogP contribution in [0.4, 0.5) is 0 Å². The molecule has 1 atom stereocenters. The van der Waals surface area contributed by atoms with Crippen LogP contribution >= 0.6 is 0 Å². The fourth-order valence-electron chi connectivity index (χ4n) is 5.44. The summed E-state index contributed by atoms with van der Waals surface area (Å²) < 4.78 is 24.8. The average molecular weight is 653 g/mol. The van der Waals surface area contributed by atoms with Crippen LogP contribution in [0.1, 0.15) is 171 Å². The highest BCUT2D eigenvalue weighted by molar-refractivity contribution is 6.13. The zero-order valence-corrected chi connectivity index (χ0v) is 30.3. The van der Waals surface area contributed by atoms with Crippen LogP contribution in [0.5, 0.6) is 23.0 Å². The van der Waals surface area contributed by atoms with Gasteiger partial charge in [0.1, 0.15) is 5.75 Å². The van der Waals surface area contributed by atoms with E-state index in [1.54, 1.807) is 24.3 Å². The molecule has 0 bridgehead atoms. The molecular formula is C41H64O6. The summed E-state index contributed by atoms with van der Waals surface area (Å²) in [6, 6.07) is 10.6. The minimum absolute atomic E-state index is 0.115. The van der Waals surface area contributed by atoms with Gasteiger partial charge in [0.25, 0.3) is 0 Å². The molecule has 0 saturated carbocycles. The van der Waals surface area contributed by atoms with E-state index in [1.807, 2.05) is 12.1 Å². The molecule has 1 unspecified atom stereocenters. The number of Topliss-reactive ketones (excluding diaryl/α,β-unsaturated/α-hetero) is 2. The standard InChI is InChI=1S/C41H64O6/c1-6-10-14-18-22-33(5)47-36-25-23-34(24-26-36)37(42)32-38(43)35-30-39(44-27-19-15-11-7-2)41(46-29-21-17-13-9-4)40(31-35)45-28-20-16-12-8-3/h23-26,30-31,33H,6-22,27-29,32H2,1-5H3. The maximum Gasteiger partial charge on any atom is 0.203 e. The zero-order valence-electron chi connectivity index (χ0n) is 30.3. The summed E-state index contributed by atoms with van der Waals surface area (Å²) in [7, 11) is 0. The number of benzene rings is 2. The van der Waals surface area contributed by atoms with E-state index in [0.29, 0.717) is 48.2 Å². The Morgan fingerprint density at radius 1 is 0.553 bits per heavy atom. The topological polar surface area (TPSA) is 71.1 Å². The van der Waals surface area contributed by atoms with Crippen LogP contribution in [0, 0.1) is 0 Å². The van der Waals surface area contributed by atoms with Gasteiger partial charge in [0.2, 0.25) is 5.75 Å². The molecule has 0 spiro atoms. The van der Waals surface area contributed by atoms with Crippen LogP contribution in [0.15, 0.2) is 36.4 Å². The van der Waals surface area contributed by atoms with E-state index in [-0.39, 0.29) is 24.1 Å². The van der Waals surface area contributed by atoms with Gasteiger partial charge in [0.15, 0.2) is 23.1 Å². The number of hydrogen-bond acceptors (Lipinski definition) is 6. The number of ether oxygens (including phenoxy) is 4. The number of rotatable bonds is 29. The van der Waals surface area contributed by atoms with Gasteiger partial charge < -0.3 is 18.9 Å². The van der Waals surface area contributed by atoms with Crippen molar-refractivity contribution < 1.29 is 28.5 Å². The third-order valence-corrected chi connectivity index (χ3v) is 8.40. The maximum absolute atomic E-state index is 13.6. The number of ketones is 2. The summed E-state index contributed by atoms with van der Waals surface area (Å²) >= 11 is 0. The lowest BCUT2D eigenvalue weighted by molar-refractivity contribution is 0.0893. The van der Waals surface area contributed by atoms with E-state index in [2.05, 4.69) is 34.6 Å². The molecule has 0 saturated heterocycles. The van der Waals surface area contributed by atoms with Crippen LogP contribution < -0.4 is 18.9 Å². The van der Waals surface area contributed by atoms with E-state index < -0.39 is 0 Å². The molecule has 264 valence electrons. The Labute approximate surface area is 286 Å². The molecule has 0 fully saturated rings. The van der Waals surface area contributed by atoms with Crippen molar-refractivity contribution >= 4 is 11.6 Å². The van der Waals surface area contributed by atoms with Crippen LogP contribution in [0.2, 0.25) is 0 Å². The van der Waals surface area contributed by atoms with Crippen LogP contribution in [-0.2, 0) is 0 Å². The second-order valence-corrected chi connectivity index (χ2v) is 12.9. The maximum atomic E-state index is 13.6. The van der Waals surface area contributed by atoms with Crippen molar-refractivity contribution in [2.45, 2.75) is 156 Å². The summed E-state index contributed by atoms with van der Waals surface area (Å²) in [5.41, 5.74) is 0.897. The molecule has 0 aliphatic heterocycles. The van der Waals surface area contributed by atoms with Crippen molar-refractivity contribution in [2.24, 2.45) is 0 Å². The third-order valence-electron chi connectivity index (χ3n) is 8.40. The number of hydrogen-bond donors (Lipinski definition) is 0. The molecule has 2 aromatic rings. The number of carbonyl (C=O) groups excluding carboxylic acids is 2. The second kappa shape index (κ2) is 25.1. The van der Waals surface area contributed by atoms with Gasteiger partial charge in [-0.25, -0.2) is 0 Å². The Morgan fingerprint density at radius 3 is 1.49 bits per heavy atom. The van der Waals surface area contributed by atoms with E-state index in [0.717, 1.165) is 89.2 Å². The summed E-state index contributed by atoms with van der Waals surface area (Å²) in [6.07, 6.45) is 18.7. The first-order valence-electron chi connectivity index (χ1n) is 18.8. The summed E-state index contributed by atoms with van der Waals surface area (Å²) in [5.74, 6) is 1.84. The normalized spacial score (nSPS) is 11.7. The van der Waals surface area contributed by atoms with Gasteiger partial charge in [0.05, 0.1) is 32.3 Å². The quantitative estimate of drug-likeness (QED) is 0.0495. The molecule has 47 heavy (non-hydrogen) atoms. The molecule has 2 aromatic carbocycles.